The van der Waals surface area contributed by atoms with Gasteiger partial charge in [-0.1, -0.05) is 13.0 Å². The van der Waals surface area contributed by atoms with Crippen LogP contribution in [0.1, 0.15) is 30.9 Å². The van der Waals surface area contributed by atoms with E-state index in [4.69, 9.17) is 0 Å². The highest BCUT2D eigenvalue weighted by atomic mass is 32.2. The molecule has 0 unspecified atom stereocenters. The first-order chi connectivity index (χ1) is 10.9. The predicted octanol–water partition coefficient (Wildman–Crippen LogP) is 4.56. The number of halogens is 4. The number of piperidine rings is 1. The van der Waals surface area contributed by atoms with Crippen LogP contribution in [0.4, 0.5) is 17.6 Å². The van der Waals surface area contributed by atoms with Crippen molar-refractivity contribution in [2.75, 3.05) is 31.1 Å². The summed E-state index contributed by atoms with van der Waals surface area (Å²) in [5, 5.41) is 0. The molecule has 1 heterocycles. The molecule has 1 saturated heterocycles. The van der Waals surface area contributed by atoms with Crippen LogP contribution in [0.15, 0.2) is 18.2 Å². The monoisotopic (exact) mass is 347 g/mol. The summed E-state index contributed by atoms with van der Waals surface area (Å²) in [5.74, 6) is 1.48. The summed E-state index contributed by atoms with van der Waals surface area (Å²) >= 11 is 1.91. The third-order valence-electron chi connectivity index (χ3n) is 5.03. The third kappa shape index (κ3) is 3.38. The molecule has 0 spiro atoms. The minimum absolute atomic E-state index is 0.175. The number of alkyl halides is 3. The number of hydrogen-bond acceptors (Lipinski definition) is 2. The molecule has 1 aromatic rings. The molecule has 2 atom stereocenters. The van der Waals surface area contributed by atoms with E-state index in [1.54, 1.807) is 6.07 Å². The van der Waals surface area contributed by atoms with E-state index in [1.165, 1.54) is 0 Å². The van der Waals surface area contributed by atoms with Crippen LogP contribution in [0.3, 0.4) is 0 Å². The van der Waals surface area contributed by atoms with Gasteiger partial charge in [0, 0.05) is 18.5 Å². The first kappa shape index (κ1) is 17.1. The van der Waals surface area contributed by atoms with E-state index < -0.39 is 17.6 Å². The van der Waals surface area contributed by atoms with Gasteiger partial charge in [-0.25, -0.2) is 4.39 Å². The van der Waals surface area contributed by atoms with Gasteiger partial charge in [0.25, 0.3) is 0 Å². The first-order valence-electron chi connectivity index (χ1n) is 8.04. The van der Waals surface area contributed by atoms with Gasteiger partial charge in [0.1, 0.15) is 5.82 Å². The maximum absolute atomic E-state index is 13.5. The molecule has 0 bridgehead atoms. The van der Waals surface area contributed by atoms with Crippen LogP contribution in [-0.2, 0) is 11.6 Å². The minimum Gasteiger partial charge on any atom is -0.302 e. The summed E-state index contributed by atoms with van der Waals surface area (Å²) < 4.78 is 52.2. The Morgan fingerprint density at radius 2 is 2.13 bits per heavy atom. The number of benzene rings is 1. The van der Waals surface area contributed by atoms with Gasteiger partial charge in [-0.2, -0.15) is 24.9 Å². The van der Waals surface area contributed by atoms with E-state index in [9.17, 15) is 17.6 Å². The lowest BCUT2D eigenvalue weighted by Crippen LogP contribution is -2.28. The van der Waals surface area contributed by atoms with Crippen LogP contribution in [-0.4, -0.2) is 36.0 Å². The quantitative estimate of drug-likeness (QED) is 0.548. The normalized spacial score (nSPS) is 27.3. The molecule has 1 saturated carbocycles. The molecule has 128 valence electrons. The minimum atomic E-state index is -4.63. The topological polar surface area (TPSA) is 3.24 Å². The smallest absolute Gasteiger partial charge is 0.302 e. The number of fused-ring (bicyclic) bond motifs is 1. The zero-order chi connectivity index (χ0) is 16.7. The molecule has 1 aliphatic carbocycles. The fraction of sp³-hybridized carbons (Fsp3) is 0.647. The summed E-state index contributed by atoms with van der Waals surface area (Å²) in [6, 6.07) is 3.55. The van der Waals surface area contributed by atoms with E-state index in [-0.39, 0.29) is 5.41 Å². The maximum atomic E-state index is 13.5. The lowest BCUT2D eigenvalue weighted by atomic mass is 9.93. The molecule has 6 heteroatoms. The van der Waals surface area contributed by atoms with Crippen molar-refractivity contribution in [1.82, 2.24) is 4.90 Å². The lowest BCUT2D eigenvalue weighted by molar-refractivity contribution is -0.140. The van der Waals surface area contributed by atoms with Gasteiger partial charge in [-0.05, 0) is 54.5 Å². The van der Waals surface area contributed by atoms with Crippen molar-refractivity contribution in [3.8, 4) is 0 Å². The Bertz CT molecular complexity index is 574. The summed E-state index contributed by atoms with van der Waals surface area (Å²) in [6.45, 7) is 4.89. The highest BCUT2D eigenvalue weighted by molar-refractivity contribution is 7.99. The fourth-order valence-electron chi connectivity index (χ4n) is 3.79. The van der Waals surface area contributed by atoms with E-state index in [2.05, 4.69) is 11.8 Å². The van der Waals surface area contributed by atoms with E-state index in [0.717, 1.165) is 56.1 Å². The van der Waals surface area contributed by atoms with Gasteiger partial charge in [-0.15, -0.1) is 0 Å². The zero-order valence-electron chi connectivity index (χ0n) is 13.1. The Kier molecular flexibility index (Phi) is 4.67. The van der Waals surface area contributed by atoms with E-state index in [1.807, 2.05) is 11.8 Å². The second-order valence-electron chi connectivity index (χ2n) is 6.54. The highest BCUT2D eigenvalue weighted by Crippen LogP contribution is 2.59. The Morgan fingerprint density at radius 3 is 2.83 bits per heavy atom. The van der Waals surface area contributed by atoms with E-state index >= 15 is 0 Å². The van der Waals surface area contributed by atoms with Gasteiger partial charge in [0.2, 0.25) is 0 Å². The molecule has 0 aromatic heterocycles. The first-order valence-corrected chi connectivity index (χ1v) is 9.19. The summed E-state index contributed by atoms with van der Waals surface area (Å²) in [4.78, 5) is 2.35. The molecular formula is C17H21F4NS. The van der Waals surface area contributed by atoms with E-state index in [0.29, 0.717) is 11.5 Å². The average molecular weight is 347 g/mol. The molecular weight excluding hydrogens is 326 g/mol. The number of nitrogens with zero attached hydrogens (tertiary/aromatic N) is 1. The van der Waals surface area contributed by atoms with Crippen LogP contribution >= 0.6 is 11.8 Å². The molecule has 3 rings (SSSR count). The molecule has 0 amide bonds. The van der Waals surface area contributed by atoms with Crippen molar-refractivity contribution in [3.63, 3.8) is 0 Å². The van der Waals surface area contributed by atoms with Crippen molar-refractivity contribution >= 4 is 11.8 Å². The van der Waals surface area contributed by atoms with Gasteiger partial charge in [-0.3, -0.25) is 0 Å². The molecule has 0 radical (unpaired) electrons. The van der Waals surface area contributed by atoms with Crippen molar-refractivity contribution in [1.29, 1.82) is 0 Å². The number of hydrogen-bond donors (Lipinski definition) is 0. The average Bonchev–Trinajstić information content (AvgIpc) is 3.05. The van der Waals surface area contributed by atoms with Crippen molar-refractivity contribution in [2.24, 2.45) is 5.92 Å². The molecule has 0 N–H and O–H groups in total. The molecule has 1 nitrogen and oxygen atoms in total. The summed E-state index contributed by atoms with van der Waals surface area (Å²) in [6.07, 6.45) is -2.59. The van der Waals surface area contributed by atoms with Crippen molar-refractivity contribution in [3.05, 3.63) is 35.1 Å². The van der Waals surface area contributed by atoms with Crippen LogP contribution in [0.25, 0.3) is 0 Å². The highest BCUT2D eigenvalue weighted by Gasteiger charge is 2.60. The Morgan fingerprint density at radius 1 is 1.35 bits per heavy atom. The van der Waals surface area contributed by atoms with Gasteiger partial charge >= 0.3 is 6.18 Å². The SMILES string of the molecule is CCSCCCN1C[C@H]2C[C@@]2(c2ccc(F)c(C(F)(F)F)c2)C1. The molecule has 1 aromatic carbocycles. The molecule has 23 heavy (non-hydrogen) atoms. The maximum Gasteiger partial charge on any atom is 0.419 e. The third-order valence-corrected chi connectivity index (χ3v) is 6.02. The Hall–Kier alpha value is -0.750. The fourth-order valence-corrected chi connectivity index (χ4v) is 4.41. The number of thioether (sulfide) groups is 1. The van der Waals surface area contributed by atoms with Crippen LogP contribution in [0, 0.1) is 11.7 Å². The van der Waals surface area contributed by atoms with Crippen LogP contribution in [0.5, 0.6) is 0 Å². The second kappa shape index (κ2) is 6.28. The summed E-state index contributed by atoms with van der Waals surface area (Å²) in [5.41, 5.74) is -0.652. The second-order valence-corrected chi connectivity index (χ2v) is 7.93. The largest absolute Gasteiger partial charge is 0.419 e. The molecule has 2 fully saturated rings. The van der Waals surface area contributed by atoms with Crippen molar-refractivity contribution in [2.45, 2.75) is 31.4 Å². The predicted molar refractivity (Wildman–Crippen MR) is 85.2 cm³/mol. The van der Waals surface area contributed by atoms with Gasteiger partial charge < -0.3 is 4.90 Å². The van der Waals surface area contributed by atoms with Crippen LogP contribution in [0.2, 0.25) is 0 Å². The van der Waals surface area contributed by atoms with Crippen LogP contribution < -0.4 is 0 Å². The molecule has 2 aliphatic rings. The molecule has 1 aliphatic heterocycles. The standard InChI is InChI=1S/C17H21F4NS/c1-2-23-7-3-6-22-10-13-9-16(13,11-22)12-4-5-15(18)14(8-12)17(19,20)21/h4-5,8,13H,2-3,6-7,9-11H2,1H3/t13-,16+/m1/s1. The Labute approximate surface area is 138 Å². The summed E-state index contributed by atoms with van der Waals surface area (Å²) in [7, 11) is 0. The van der Waals surface area contributed by atoms with Gasteiger partial charge in [0.15, 0.2) is 0 Å². The van der Waals surface area contributed by atoms with Crippen molar-refractivity contribution < 1.29 is 17.6 Å². The van der Waals surface area contributed by atoms with Gasteiger partial charge in [0.05, 0.1) is 5.56 Å². The zero-order valence-corrected chi connectivity index (χ0v) is 13.9. The lowest BCUT2D eigenvalue weighted by Gasteiger charge is -2.21. The number of likely N-dealkylation sites (tertiary alicyclic amines) is 1. The Balaban J connectivity index is 1.69. The number of rotatable bonds is 6.